The minimum atomic E-state index is -0.354. The first-order valence-corrected chi connectivity index (χ1v) is 5.85. The van der Waals surface area contributed by atoms with Crippen LogP contribution in [0.5, 0.6) is 0 Å². The van der Waals surface area contributed by atoms with E-state index in [1.807, 2.05) is 0 Å². The highest BCUT2D eigenvalue weighted by atomic mass is 16.6. The van der Waals surface area contributed by atoms with Crippen LogP contribution in [0.15, 0.2) is 30.5 Å². The molecule has 0 fully saturated rings. The lowest BCUT2D eigenvalue weighted by atomic mass is 10.1. The number of pyridine rings is 1. The van der Waals surface area contributed by atoms with Gasteiger partial charge >= 0.3 is 5.69 Å². The summed E-state index contributed by atoms with van der Waals surface area (Å²) in [5.74, 6) is 0.425. The van der Waals surface area contributed by atoms with Crippen LogP contribution in [-0.4, -0.2) is 16.5 Å². The van der Waals surface area contributed by atoms with E-state index in [2.05, 4.69) is 24.1 Å². The van der Waals surface area contributed by atoms with Crippen molar-refractivity contribution < 1.29 is 4.92 Å². The van der Waals surface area contributed by atoms with Crippen molar-refractivity contribution >= 4 is 22.3 Å². The smallest absolute Gasteiger partial charge is 0.301 e. The molecule has 18 heavy (non-hydrogen) atoms. The summed E-state index contributed by atoms with van der Waals surface area (Å²) in [6.45, 7) is 4.81. The Bertz CT molecular complexity index is 581. The first kappa shape index (κ1) is 12.3. The monoisotopic (exact) mass is 245 g/mol. The maximum absolute atomic E-state index is 11.2. The van der Waals surface area contributed by atoms with Crippen LogP contribution in [0.2, 0.25) is 0 Å². The molecule has 0 aliphatic heterocycles. The third-order valence-electron chi connectivity index (χ3n) is 2.64. The Hall–Kier alpha value is -2.17. The number of hydrogen-bond donors (Lipinski definition) is 1. The van der Waals surface area contributed by atoms with Gasteiger partial charge in [0.1, 0.15) is 5.69 Å². The summed E-state index contributed by atoms with van der Waals surface area (Å²) in [5.41, 5.74) is 1.29. The molecule has 1 N–H and O–H groups in total. The lowest BCUT2D eigenvalue weighted by molar-refractivity contribution is -0.382. The van der Waals surface area contributed by atoms with E-state index in [1.165, 1.54) is 0 Å². The minimum Gasteiger partial charge on any atom is -0.379 e. The van der Waals surface area contributed by atoms with Gasteiger partial charge in [0.2, 0.25) is 0 Å². The highest BCUT2D eigenvalue weighted by molar-refractivity contribution is 5.94. The molecule has 5 nitrogen and oxygen atoms in total. The molecule has 5 heteroatoms. The Kier molecular flexibility index (Phi) is 3.41. The average molecular weight is 245 g/mol. The Balaban J connectivity index is 2.52. The molecule has 94 valence electrons. The summed E-state index contributed by atoms with van der Waals surface area (Å²) in [4.78, 5) is 15.0. The maximum Gasteiger partial charge on any atom is 0.301 e. The number of nitro benzene ring substituents is 1. The van der Waals surface area contributed by atoms with Crippen molar-refractivity contribution in [2.24, 2.45) is 5.92 Å². The standard InChI is InChI=1S/C13H15N3O2/c1-9(2)8-15-12-6-5-11-10(4-3-7-14-11)13(12)16(17)18/h3-7,9,15H,8H2,1-2H3. The molecule has 0 saturated heterocycles. The lowest BCUT2D eigenvalue weighted by Gasteiger charge is -2.10. The molecular formula is C13H15N3O2. The molecule has 0 saturated carbocycles. The molecule has 0 unspecified atom stereocenters. The normalized spacial score (nSPS) is 10.8. The van der Waals surface area contributed by atoms with Crippen molar-refractivity contribution in [3.8, 4) is 0 Å². The molecule has 1 aromatic carbocycles. The molecule has 0 amide bonds. The number of nitrogens with one attached hydrogen (secondary N) is 1. The largest absolute Gasteiger partial charge is 0.379 e. The van der Waals surface area contributed by atoms with Crippen LogP contribution < -0.4 is 5.32 Å². The van der Waals surface area contributed by atoms with E-state index in [4.69, 9.17) is 0 Å². The van der Waals surface area contributed by atoms with Gasteiger partial charge in [0.05, 0.1) is 15.8 Å². The van der Waals surface area contributed by atoms with Gasteiger partial charge in [0.25, 0.3) is 0 Å². The van der Waals surface area contributed by atoms with Gasteiger partial charge in [-0.15, -0.1) is 0 Å². The molecule has 0 radical (unpaired) electrons. The number of fused-ring (bicyclic) bond motifs is 1. The van der Waals surface area contributed by atoms with Crippen LogP contribution in [0.25, 0.3) is 10.9 Å². The van der Waals surface area contributed by atoms with Gasteiger partial charge in [-0.05, 0) is 30.2 Å². The molecule has 1 heterocycles. The minimum absolute atomic E-state index is 0.0984. The van der Waals surface area contributed by atoms with Gasteiger partial charge in [-0.1, -0.05) is 13.8 Å². The van der Waals surface area contributed by atoms with E-state index in [1.54, 1.807) is 30.5 Å². The van der Waals surface area contributed by atoms with Crippen molar-refractivity contribution in [3.05, 3.63) is 40.6 Å². The number of rotatable bonds is 4. The molecular weight excluding hydrogens is 230 g/mol. The van der Waals surface area contributed by atoms with Crippen LogP contribution in [-0.2, 0) is 0 Å². The zero-order chi connectivity index (χ0) is 13.1. The quantitative estimate of drug-likeness (QED) is 0.663. The van der Waals surface area contributed by atoms with E-state index >= 15 is 0 Å². The molecule has 0 spiro atoms. The van der Waals surface area contributed by atoms with Gasteiger partial charge in [-0.25, -0.2) is 0 Å². The second-order valence-electron chi connectivity index (χ2n) is 4.56. The van der Waals surface area contributed by atoms with E-state index in [-0.39, 0.29) is 10.6 Å². The molecule has 2 aromatic rings. The van der Waals surface area contributed by atoms with Crippen molar-refractivity contribution in [2.45, 2.75) is 13.8 Å². The summed E-state index contributed by atoms with van der Waals surface area (Å²) in [5, 5.41) is 14.9. The summed E-state index contributed by atoms with van der Waals surface area (Å²) in [7, 11) is 0. The Morgan fingerprint density at radius 2 is 2.17 bits per heavy atom. The fourth-order valence-electron chi connectivity index (χ4n) is 1.79. The highest BCUT2D eigenvalue weighted by Gasteiger charge is 2.18. The summed E-state index contributed by atoms with van der Waals surface area (Å²) >= 11 is 0. The van der Waals surface area contributed by atoms with Gasteiger partial charge < -0.3 is 5.32 Å². The first-order valence-electron chi connectivity index (χ1n) is 5.85. The summed E-state index contributed by atoms with van der Waals surface area (Å²) in [6, 6.07) is 6.95. The Labute approximate surface area is 105 Å². The summed E-state index contributed by atoms with van der Waals surface area (Å²) < 4.78 is 0. The number of nitrogens with zero attached hydrogens (tertiary/aromatic N) is 2. The lowest BCUT2D eigenvalue weighted by Crippen LogP contribution is -2.09. The molecule has 0 aliphatic carbocycles. The Morgan fingerprint density at radius 3 is 2.83 bits per heavy atom. The molecule has 0 bridgehead atoms. The third-order valence-corrected chi connectivity index (χ3v) is 2.64. The van der Waals surface area contributed by atoms with Crippen LogP contribution in [0.4, 0.5) is 11.4 Å². The van der Waals surface area contributed by atoms with Crippen molar-refractivity contribution in [3.63, 3.8) is 0 Å². The average Bonchev–Trinajstić information content (AvgIpc) is 2.35. The molecule has 0 atom stereocenters. The SMILES string of the molecule is CC(C)CNc1ccc2ncccc2c1[N+](=O)[O-]. The number of benzene rings is 1. The van der Waals surface area contributed by atoms with Gasteiger partial charge in [0.15, 0.2) is 0 Å². The predicted octanol–water partition coefficient (Wildman–Crippen LogP) is 3.21. The van der Waals surface area contributed by atoms with Crippen molar-refractivity contribution in [1.29, 1.82) is 0 Å². The fourth-order valence-corrected chi connectivity index (χ4v) is 1.79. The van der Waals surface area contributed by atoms with E-state index in [0.717, 1.165) is 0 Å². The highest BCUT2D eigenvalue weighted by Crippen LogP contribution is 2.32. The van der Waals surface area contributed by atoms with Crippen LogP contribution in [0.3, 0.4) is 0 Å². The number of anilines is 1. The van der Waals surface area contributed by atoms with E-state index in [0.29, 0.717) is 29.1 Å². The van der Waals surface area contributed by atoms with E-state index < -0.39 is 0 Å². The van der Waals surface area contributed by atoms with Gasteiger partial charge in [-0.3, -0.25) is 15.1 Å². The van der Waals surface area contributed by atoms with Gasteiger partial charge in [-0.2, -0.15) is 0 Å². The van der Waals surface area contributed by atoms with Crippen molar-refractivity contribution in [1.82, 2.24) is 4.98 Å². The number of hydrogen-bond acceptors (Lipinski definition) is 4. The zero-order valence-corrected chi connectivity index (χ0v) is 10.4. The van der Waals surface area contributed by atoms with Crippen LogP contribution in [0, 0.1) is 16.0 Å². The zero-order valence-electron chi connectivity index (χ0n) is 10.4. The molecule has 1 aromatic heterocycles. The Morgan fingerprint density at radius 1 is 1.39 bits per heavy atom. The molecule has 0 aliphatic rings. The van der Waals surface area contributed by atoms with Crippen molar-refractivity contribution in [2.75, 3.05) is 11.9 Å². The first-order chi connectivity index (χ1) is 8.59. The van der Waals surface area contributed by atoms with Gasteiger partial charge in [0, 0.05) is 12.7 Å². The summed E-state index contributed by atoms with van der Waals surface area (Å²) in [6.07, 6.45) is 1.63. The second kappa shape index (κ2) is 5.00. The van der Waals surface area contributed by atoms with Crippen LogP contribution >= 0.6 is 0 Å². The fraction of sp³-hybridized carbons (Fsp3) is 0.308. The molecule has 2 rings (SSSR count). The van der Waals surface area contributed by atoms with Crippen LogP contribution in [0.1, 0.15) is 13.8 Å². The third kappa shape index (κ3) is 2.40. The number of nitro groups is 1. The maximum atomic E-state index is 11.2. The topological polar surface area (TPSA) is 68.1 Å². The predicted molar refractivity (Wildman–Crippen MR) is 71.7 cm³/mol. The number of aromatic nitrogens is 1. The van der Waals surface area contributed by atoms with E-state index in [9.17, 15) is 10.1 Å². The second-order valence-corrected chi connectivity index (χ2v) is 4.56.